The summed E-state index contributed by atoms with van der Waals surface area (Å²) >= 11 is 1.72. The molecule has 0 saturated carbocycles. The molecule has 33 heavy (non-hydrogen) atoms. The summed E-state index contributed by atoms with van der Waals surface area (Å²) in [7, 11) is 5.02. The summed E-state index contributed by atoms with van der Waals surface area (Å²) in [5.74, 6) is 1.61. The Kier molecular flexibility index (Phi) is 7.22. The number of thiophene rings is 1. The number of hydrogen-bond donors (Lipinski definition) is 0. The zero-order valence-corrected chi connectivity index (χ0v) is 20.8. The second kappa shape index (κ2) is 10.1. The molecule has 7 heteroatoms. The smallest absolute Gasteiger partial charge is 0.178 e. The van der Waals surface area contributed by atoms with Crippen molar-refractivity contribution in [3.8, 4) is 11.5 Å². The fraction of sp³-hybridized carbons (Fsp3) is 0.423. The van der Waals surface area contributed by atoms with Crippen molar-refractivity contribution in [2.75, 3.05) is 41.0 Å². The van der Waals surface area contributed by atoms with Crippen molar-refractivity contribution in [1.82, 2.24) is 9.47 Å². The Labute approximate surface area is 199 Å². The highest BCUT2D eigenvalue weighted by atomic mass is 32.1. The minimum atomic E-state index is 0.00878. The lowest BCUT2D eigenvalue weighted by atomic mass is 9.90. The lowest BCUT2D eigenvalue weighted by molar-refractivity contribution is 0.0901. The second-order valence-corrected chi connectivity index (χ2v) is 9.38. The molecule has 1 atom stereocenters. The third-order valence-corrected chi connectivity index (χ3v) is 7.45. The van der Waals surface area contributed by atoms with Gasteiger partial charge >= 0.3 is 0 Å². The number of carbonyl (C=O) groups is 1. The van der Waals surface area contributed by atoms with Gasteiger partial charge in [-0.15, -0.1) is 11.3 Å². The van der Waals surface area contributed by atoms with Crippen LogP contribution in [-0.2, 0) is 17.7 Å². The van der Waals surface area contributed by atoms with Gasteiger partial charge in [0.2, 0.25) is 0 Å². The molecule has 1 unspecified atom stereocenters. The Hall–Kier alpha value is -2.61. The number of benzene rings is 1. The first kappa shape index (κ1) is 23.5. The highest BCUT2D eigenvalue weighted by Crippen LogP contribution is 2.42. The van der Waals surface area contributed by atoms with Crippen LogP contribution in [0, 0.1) is 13.8 Å². The number of aromatic nitrogens is 1. The summed E-state index contributed by atoms with van der Waals surface area (Å²) in [5.41, 5.74) is 5.31. The zero-order chi connectivity index (χ0) is 23.5. The number of rotatable bonds is 9. The third-order valence-electron chi connectivity index (χ3n) is 6.53. The molecule has 3 aromatic rings. The number of carbonyl (C=O) groups excluding carboxylic acids is 1. The van der Waals surface area contributed by atoms with Gasteiger partial charge in [0.05, 0.1) is 33.4 Å². The molecule has 0 aliphatic carbocycles. The van der Waals surface area contributed by atoms with Gasteiger partial charge in [0.1, 0.15) is 0 Å². The minimum absolute atomic E-state index is 0.00878. The summed E-state index contributed by atoms with van der Waals surface area (Å²) in [6.45, 7) is 6.61. The number of nitrogens with zero attached hydrogens (tertiary/aromatic N) is 2. The van der Waals surface area contributed by atoms with Crippen molar-refractivity contribution in [1.29, 1.82) is 0 Å². The van der Waals surface area contributed by atoms with E-state index in [0.29, 0.717) is 18.9 Å². The van der Waals surface area contributed by atoms with Gasteiger partial charge in [-0.25, -0.2) is 0 Å². The monoisotopic (exact) mass is 468 g/mol. The van der Waals surface area contributed by atoms with E-state index in [4.69, 9.17) is 14.2 Å². The van der Waals surface area contributed by atoms with Crippen LogP contribution in [0.3, 0.4) is 0 Å². The minimum Gasteiger partial charge on any atom is -0.493 e. The number of hydrogen-bond acceptors (Lipinski definition) is 6. The molecule has 0 bridgehead atoms. The molecule has 0 spiro atoms. The molecule has 176 valence electrons. The molecule has 1 aliphatic heterocycles. The Bertz CT molecular complexity index is 1120. The van der Waals surface area contributed by atoms with Crippen LogP contribution in [0.2, 0.25) is 0 Å². The van der Waals surface area contributed by atoms with Gasteiger partial charge in [0.15, 0.2) is 17.3 Å². The SMILES string of the molecule is COCCn1c(C)cc(C(=O)CN2CCc3cc(OC)c(OC)cc3C2c2cccs2)c1C. The van der Waals surface area contributed by atoms with E-state index >= 15 is 0 Å². The standard InChI is InChI=1S/C26H32N2O4S/c1-17-13-20(18(2)28(17)10-11-30-3)22(29)16-27-9-8-19-14-23(31-4)24(32-5)15-21(19)26(27)25-7-6-12-33-25/h6-7,12-15,26H,8-11,16H2,1-5H3. The largest absolute Gasteiger partial charge is 0.493 e. The van der Waals surface area contributed by atoms with Crippen LogP contribution in [-0.4, -0.2) is 56.3 Å². The molecule has 1 aromatic carbocycles. The van der Waals surface area contributed by atoms with E-state index < -0.39 is 0 Å². The average Bonchev–Trinajstić information content (AvgIpc) is 3.44. The topological polar surface area (TPSA) is 52.9 Å². The fourth-order valence-electron chi connectivity index (χ4n) is 4.83. The molecule has 2 aromatic heterocycles. The zero-order valence-electron chi connectivity index (χ0n) is 20.0. The molecule has 4 rings (SSSR count). The van der Waals surface area contributed by atoms with E-state index in [1.807, 2.05) is 19.9 Å². The molecule has 3 heterocycles. The maximum Gasteiger partial charge on any atom is 0.178 e. The lowest BCUT2D eigenvalue weighted by Gasteiger charge is -2.37. The van der Waals surface area contributed by atoms with E-state index in [1.165, 1.54) is 16.0 Å². The molecule has 0 amide bonds. The summed E-state index contributed by atoms with van der Waals surface area (Å²) in [5, 5.41) is 2.09. The molecule has 1 aliphatic rings. The van der Waals surface area contributed by atoms with Crippen LogP contribution in [0.1, 0.15) is 43.8 Å². The predicted octanol–water partition coefficient (Wildman–Crippen LogP) is 4.66. The van der Waals surface area contributed by atoms with Crippen molar-refractivity contribution in [3.05, 3.63) is 68.7 Å². The molecule has 0 radical (unpaired) electrons. The Morgan fingerprint density at radius 3 is 2.55 bits per heavy atom. The number of aryl methyl sites for hydroxylation is 1. The Morgan fingerprint density at radius 2 is 1.88 bits per heavy atom. The van der Waals surface area contributed by atoms with E-state index in [1.54, 1.807) is 32.7 Å². The summed E-state index contributed by atoms with van der Waals surface area (Å²) in [4.78, 5) is 17.0. The van der Waals surface area contributed by atoms with Gasteiger partial charge in [-0.2, -0.15) is 0 Å². The normalized spacial score (nSPS) is 16.0. The second-order valence-electron chi connectivity index (χ2n) is 8.40. The average molecular weight is 469 g/mol. The number of ether oxygens (including phenoxy) is 3. The van der Waals surface area contributed by atoms with E-state index in [0.717, 1.165) is 42.2 Å². The highest BCUT2D eigenvalue weighted by Gasteiger charge is 2.33. The van der Waals surface area contributed by atoms with Gasteiger partial charge < -0.3 is 18.8 Å². The lowest BCUT2D eigenvalue weighted by Crippen LogP contribution is -2.39. The van der Waals surface area contributed by atoms with Crippen LogP contribution < -0.4 is 9.47 Å². The van der Waals surface area contributed by atoms with E-state index in [2.05, 4.69) is 39.1 Å². The fourth-order valence-corrected chi connectivity index (χ4v) is 5.70. The number of ketones is 1. The van der Waals surface area contributed by atoms with Crippen molar-refractivity contribution < 1.29 is 19.0 Å². The highest BCUT2D eigenvalue weighted by molar-refractivity contribution is 7.10. The quantitative estimate of drug-likeness (QED) is 0.428. The van der Waals surface area contributed by atoms with E-state index in [-0.39, 0.29) is 11.8 Å². The summed E-state index contributed by atoms with van der Waals surface area (Å²) in [6.07, 6.45) is 0.859. The first-order chi connectivity index (χ1) is 16.0. The molecule has 0 fully saturated rings. The Morgan fingerprint density at radius 1 is 1.12 bits per heavy atom. The first-order valence-electron chi connectivity index (χ1n) is 11.2. The van der Waals surface area contributed by atoms with Crippen molar-refractivity contribution in [2.45, 2.75) is 32.9 Å². The van der Waals surface area contributed by atoms with Crippen LogP contribution in [0.15, 0.2) is 35.7 Å². The van der Waals surface area contributed by atoms with E-state index in [9.17, 15) is 4.79 Å². The third kappa shape index (κ3) is 4.58. The Balaban J connectivity index is 1.66. The maximum atomic E-state index is 13.5. The van der Waals surface area contributed by atoms with Gasteiger partial charge in [-0.05, 0) is 61.0 Å². The first-order valence-corrected chi connectivity index (χ1v) is 12.1. The summed E-state index contributed by atoms with van der Waals surface area (Å²) < 4.78 is 18.5. The van der Waals surface area contributed by atoms with Crippen molar-refractivity contribution in [3.63, 3.8) is 0 Å². The molecule has 0 N–H and O–H groups in total. The number of Topliss-reactive ketones (excluding diaryl/α,β-unsaturated/α-hetero) is 1. The summed E-state index contributed by atoms with van der Waals surface area (Å²) in [6, 6.07) is 10.4. The van der Waals surface area contributed by atoms with Crippen LogP contribution in [0.5, 0.6) is 11.5 Å². The number of fused-ring (bicyclic) bond motifs is 1. The van der Waals surface area contributed by atoms with Crippen molar-refractivity contribution >= 4 is 17.1 Å². The molecule has 6 nitrogen and oxygen atoms in total. The maximum absolute atomic E-state index is 13.5. The van der Waals surface area contributed by atoms with Crippen molar-refractivity contribution in [2.24, 2.45) is 0 Å². The molecule has 0 saturated heterocycles. The van der Waals surface area contributed by atoms with Gasteiger partial charge in [-0.1, -0.05) is 6.07 Å². The van der Waals surface area contributed by atoms with Crippen LogP contribution >= 0.6 is 11.3 Å². The van der Waals surface area contributed by atoms with Crippen LogP contribution in [0.4, 0.5) is 0 Å². The number of methoxy groups -OCH3 is 3. The predicted molar refractivity (Wildman–Crippen MR) is 131 cm³/mol. The van der Waals surface area contributed by atoms with Gasteiger partial charge in [-0.3, -0.25) is 9.69 Å². The molecular formula is C26H32N2O4S. The van der Waals surface area contributed by atoms with Gasteiger partial charge in [0.25, 0.3) is 0 Å². The van der Waals surface area contributed by atoms with Crippen LogP contribution in [0.25, 0.3) is 0 Å². The molecular weight excluding hydrogens is 436 g/mol. The van der Waals surface area contributed by atoms with Gasteiger partial charge in [0, 0.05) is 42.0 Å².